The molecule has 2 aromatic rings. The zero-order chi connectivity index (χ0) is 16.6. The number of rotatable bonds is 1. The molecular formula is C19H21NO3. The summed E-state index contributed by atoms with van der Waals surface area (Å²) in [5.74, 6) is -1.34. The van der Waals surface area contributed by atoms with Crippen LogP contribution in [0.4, 0.5) is 0 Å². The van der Waals surface area contributed by atoms with Crippen molar-refractivity contribution in [3.63, 3.8) is 0 Å². The molecule has 0 amide bonds. The Bertz CT molecular complexity index is 861. The number of carboxylic acid groups (broad SMARTS) is 1. The van der Waals surface area contributed by atoms with E-state index in [1.54, 1.807) is 0 Å². The van der Waals surface area contributed by atoms with E-state index in [9.17, 15) is 14.7 Å². The van der Waals surface area contributed by atoms with E-state index in [1.165, 1.54) is 0 Å². The average molecular weight is 311 g/mol. The normalized spacial score (nSPS) is 28.7. The molecule has 1 aromatic carbocycles. The zero-order valence-electron chi connectivity index (χ0n) is 13.7. The van der Waals surface area contributed by atoms with E-state index in [4.69, 9.17) is 0 Å². The number of aliphatic carboxylic acids is 1. The van der Waals surface area contributed by atoms with Gasteiger partial charge in [-0.1, -0.05) is 32.4 Å². The van der Waals surface area contributed by atoms with Crippen LogP contribution in [0, 0.1) is 5.92 Å². The first-order chi connectivity index (χ1) is 10.8. The molecule has 120 valence electrons. The smallest absolute Gasteiger partial charge is 0.321 e. The Morgan fingerprint density at radius 3 is 2.74 bits per heavy atom. The van der Waals surface area contributed by atoms with Crippen molar-refractivity contribution in [1.82, 2.24) is 4.57 Å². The molecule has 1 heterocycles. The topological polar surface area (TPSA) is 59.3 Å². The van der Waals surface area contributed by atoms with Crippen LogP contribution in [0.15, 0.2) is 24.4 Å². The maximum absolute atomic E-state index is 13.3. The standard InChI is InChI=1S/C19H21NO3/c1-18(2)12-7-5-9-19(16(12)21,17(22)23)11-6-4-8-14-15(11)13(18)10-20(14)3/h4,6,8,10,12H,5,7,9H2,1-3H3,(H,22,23)/t12-,19+/m0/s1. The highest BCUT2D eigenvalue weighted by Gasteiger charge is 2.58. The van der Waals surface area contributed by atoms with Crippen LogP contribution in [-0.2, 0) is 27.5 Å². The molecule has 0 radical (unpaired) electrons. The molecular weight excluding hydrogens is 290 g/mol. The first-order valence-electron chi connectivity index (χ1n) is 8.18. The summed E-state index contributed by atoms with van der Waals surface area (Å²) in [6.07, 6.45) is 4.03. The molecule has 0 unspecified atom stereocenters. The van der Waals surface area contributed by atoms with E-state index in [-0.39, 0.29) is 17.1 Å². The second-order valence-corrected chi connectivity index (χ2v) is 7.59. The molecule has 1 N–H and O–H groups in total. The van der Waals surface area contributed by atoms with Gasteiger partial charge in [0.1, 0.15) is 0 Å². The summed E-state index contributed by atoms with van der Waals surface area (Å²) in [7, 11) is 1.98. The number of aryl methyl sites for hydroxylation is 1. The lowest BCUT2D eigenvalue weighted by molar-refractivity contribution is -0.153. The van der Waals surface area contributed by atoms with E-state index in [1.807, 2.05) is 25.2 Å². The lowest BCUT2D eigenvalue weighted by atomic mass is 9.60. The third kappa shape index (κ3) is 1.51. The Morgan fingerprint density at radius 1 is 1.30 bits per heavy atom. The highest BCUT2D eigenvalue weighted by atomic mass is 16.4. The number of carboxylic acids is 1. The third-order valence-corrected chi connectivity index (χ3v) is 6.19. The van der Waals surface area contributed by atoms with Gasteiger partial charge in [0.15, 0.2) is 11.2 Å². The summed E-state index contributed by atoms with van der Waals surface area (Å²) in [5, 5.41) is 11.0. The van der Waals surface area contributed by atoms with Crippen LogP contribution >= 0.6 is 0 Å². The molecule has 2 bridgehead atoms. The maximum Gasteiger partial charge on any atom is 0.321 e. The number of Topliss-reactive ketones (excluding diaryl/α,β-unsaturated/α-hetero) is 1. The van der Waals surface area contributed by atoms with Gasteiger partial charge in [0.05, 0.1) is 0 Å². The number of hydrogen-bond donors (Lipinski definition) is 1. The van der Waals surface area contributed by atoms with E-state index in [0.717, 1.165) is 29.3 Å². The van der Waals surface area contributed by atoms with Crippen molar-refractivity contribution in [3.8, 4) is 0 Å². The first-order valence-corrected chi connectivity index (χ1v) is 8.18. The Balaban J connectivity index is 2.23. The second kappa shape index (κ2) is 4.25. The van der Waals surface area contributed by atoms with Crippen molar-refractivity contribution in [1.29, 1.82) is 0 Å². The van der Waals surface area contributed by atoms with Crippen LogP contribution in [0.5, 0.6) is 0 Å². The number of benzene rings is 1. The van der Waals surface area contributed by atoms with Gasteiger partial charge in [-0.05, 0) is 30.0 Å². The fourth-order valence-corrected chi connectivity index (χ4v) is 4.88. The number of aromatic nitrogens is 1. The average Bonchev–Trinajstić information content (AvgIpc) is 2.84. The fraction of sp³-hybridized carbons (Fsp3) is 0.474. The summed E-state index contributed by atoms with van der Waals surface area (Å²) < 4.78 is 2.05. The van der Waals surface area contributed by atoms with Crippen molar-refractivity contribution >= 4 is 22.7 Å². The van der Waals surface area contributed by atoms with Crippen molar-refractivity contribution in [2.45, 2.75) is 43.9 Å². The molecule has 0 saturated heterocycles. The molecule has 1 fully saturated rings. The Kier molecular flexibility index (Phi) is 2.68. The molecule has 4 nitrogen and oxygen atoms in total. The van der Waals surface area contributed by atoms with Gasteiger partial charge in [0.2, 0.25) is 0 Å². The van der Waals surface area contributed by atoms with E-state index in [0.29, 0.717) is 12.0 Å². The van der Waals surface area contributed by atoms with E-state index < -0.39 is 11.4 Å². The lowest BCUT2D eigenvalue weighted by Gasteiger charge is -2.40. The molecule has 23 heavy (non-hydrogen) atoms. The molecule has 1 aromatic heterocycles. The van der Waals surface area contributed by atoms with Gasteiger partial charge in [-0.15, -0.1) is 0 Å². The van der Waals surface area contributed by atoms with Crippen molar-refractivity contribution in [3.05, 3.63) is 35.5 Å². The number of ketones is 1. The van der Waals surface area contributed by atoms with Gasteiger partial charge in [0.25, 0.3) is 0 Å². The number of carbonyl (C=O) groups is 2. The Labute approximate surface area is 135 Å². The zero-order valence-corrected chi connectivity index (χ0v) is 13.7. The molecule has 2 atom stereocenters. The molecule has 4 rings (SSSR count). The van der Waals surface area contributed by atoms with Gasteiger partial charge in [-0.2, -0.15) is 0 Å². The fourth-order valence-electron chi connectivity index (χ4n) is 4.88. The summed E-state index contributed by atoms with van der Waals surface area (Å²) in [6, 6.07) is 5.73. The Hall–Kier alpha value is -2.10. The van der Waals surface area contributed by atoms with E-state index >= 15 is 0 Å². The minimum Gasteiger partial charge on any atom is -0.480 e. The van der Waals surface area contributed by atoms with Crippen LogP contribution in [0.3, 0.4) is 0 Å². The van der Waals surface area contributed by atoms with Crippen LogP contribution in [-0.4, -0.2) is 21.4 Å². The Morgan fingerprint density at radius 2 is 2.04 bits per heavy atom. The van der Waals surface area contributed by atoms with Gasteiger partial charge in [-0.3, -0.25) is 9.59 Å². The van der Waals surface area contributed by atoms with Gasteiger partial charge in [-0.25, -0.2) is 0 Å². The third-order valence-electron chi connectivity index (χ3n) is 6.19. The van der Waals surface area contributed by atoms with E-state index in [2.05, 4.69) is 24.6 Å². The lowest BCUT2D eigenvalue weighted by Crippen LogP contribution is -2.52. The highest BCUT2D eigenvalue weighted by molar-refractivity contribution is 6.15. The largest absolute Gasteiger partial charge is 0.480 e. The molecule has 4 heteroatoms. The van der Waals surface area contributed by atoms with Crippen LogP contribution in [0.1, 0.15) is 44.2 Å². The predicted octanol–water partition coefficient (Wildman–Crippen LogP) is 3.16. The molecule has 2 aliphatic rings. The quantitative estimate of drug-likeness (QED) is 0.823. The van der Waals surface area contributed by atoms with Crippen LogP contribution in [0.25, 0.3) is 10.9 Å². The van der Waals surface area contributed by atoms with Gasteiger partial charge >= 0.3 is 5.97 Å². The van der Waals surface area contributed by atoms with Crippen LogP contribution < -0.4 is 0 Å². The highest BCUT2D eigenvalue weighted by Crippen LogP contribution is 2.53. The van der Waals surface area contributed by atoms with Gasteiger partial charge in [0, 0.05) is 35.5 Å². The molecule has 0 aliphatic heterocycles. The van der Waals surface area contributed by atoms with Crippen LogP contribution in [0.2, 0.25) is 0 Å². The second-order valence-electron chi connectivity index (χ2n) is 7.59. The first kappa shape index (κ1) is 14.5. The monoisotopic (exact) mass is 311 g/mol. The number of hydrogen-bond acceptors (Lipinski definition) is 2. The maximum atomic E-state index is 13.3. The minimum absolute atomic E-state index is 0.104. The number of fused-ring (bicyclic) bond motifs is 3. The van der Waals surface area contributed by atoms with Crippen molar-refractivity contribution < 1.29 is 14.7 Å². The molecule has 1 saturated carbocycles. The molecule has 2 aliphatic carbocycles. The summed E-state index contributed by atoms with van der Waals surface area (Å²) in [6.45, 7) is 4.18. The van der Waals surface area contributed by atoms with Gasteiger partial charge < -0.3 is 9.67 Å². The number of carbonyl (C=O) groups excluding carboxylic acids is 1. The summed E-state index contributed by atoms with van der Waals surface area (Å²) >= 11 is 0. The molecule has 0 spiro atoms. The predicted molar refractivity (Wildman–Crippen MR) is 87.6 cm³/mol. The van der Waals surface area contributed by atoms with Crippen molar-refractivity contribution in [2.75, 3.05) is 0 Å². The summed E-state index contributed by atoms with van der Waals surface area (Å²) in [5.41, 5.74) is 1.07. The number of nitrogens with zero attached hydrogens (tertiary/aromatic N) is 1. The SMILES string of the molecule is Cn1cc2c3c(cccc31)[C@]1(C(=O)O)CCC[C@@H](C1=O)C2(C)C. The summed E-state index contributed by atoms with van der Waals surface area (Å²) in [4.78, 5) is 25.6. The van der Waals surface area contributed by atoms with Crippen molar-refractivity contribution in [2.24, 2.45) is 13.0 Å². The minimum atomic E-state index is -1.38.